The van der Waals surface area contributed by atoms with Gasteiger partial charge < -0.3 is 10.0 Å². The van der Waals surface area contributed by atoms with Crippen LogP contribution in [0.15, 0.2) is 6.07 Å². The Hall–Kier alpha value is -1.12. The van der Waals surface area contributed by atoms with Crippen LogP contribution in [-0.4, -0.2) is 59.3 Å². The van der Waals surface area contributed by atoms with Crippen LogP contribution >= 0.6 is 11.6 Å². The van der Waals surface area contributed by atoms with E-state index in [-0.39, 0.29) is 12.4 Å². The van der Waals surface area contributed by atoms with E-state index in [0.717, 1.165) is 19.0 Å². The monoisotopic (exact) mass is 324 g/mol. The van der Waals surface area contributed by atoms with Crippen molar-refractivity contribution in [2.24, 2.45) is 0 Å². The molecule has 118 valence electrons. The van der Waals surface area contributed by atoms with Gasteiger partial charge >= 0.3 is 6.18 Å². The molecule has 0 aromatic carbocycles. The number of alkyl halides is 3. The zero-order valence-corrected chi connectivity index (χ0v) is 12.0. The summed E-state index contributed by atoms with van der Waals surface area (Å²) in [5.74, 6) is 0.188. The third-order valence-corrected chi connectivity index (χ3v) is 3.47. The largest absolute Gasteiger partial charge is 0.433 e. The van der Waals surface area contributed by atoms with Gasteiger partial charge in [-0.05, 0) is 24.6 Å². The van der Waals surface area contributed by atoms with Gasteiger partial charge in [-0.3, -0.25) is 4.90 Å². The average Bonchev–Trinajstić information content (AvgIpc) is 2.63. The molecule has 9 heteroatoms. The summed E-state index contributed by atoms with van der Waals surface area (Å²) in [7, 11) is 0. The van der Waals surface area contributed by atoms with Crippen LogP contribution in [0.4, 0.5) is 19.0 Å². The molecule has 0 aliphatic carbocycles. The molecule has 0 atom stereocenters. The summed E-state index contributed by atoms with van der Waals surface area (Å²) in [5, 5.41) is 8.53. The molecule has 0 amide bonds. The van der Waals surface area contributed by atoms with Gasteiger partial charge in [0.25, 0.3) is 0 Å². The third kappa shape index (κ3) is 4.42. The van der Waals surface area contributed by atoms with Gasteiger partial charge in [0, 0.05) is 32.2 Å². The Morgan fingerprint density at radius 2 is 1.95 bits per heavy atom. The summed E-state index contributed by atoms with van der Waals surface area (Å²) in [6, 6.07) is 0.924. The Balaban J connectivity index is 2.16. The Bertz CT molecular complexity index is 486. The Morgan fingerprint density at radius 1 is 1.19 bits per heavy atom. The van der Waals surface area contributed by atoms with Gasteiger partial charge in [0.15, 0.2) is 5.69 Å². The molecule has 1 aliphatic heterocycles. The molecule has 1 aliphatic rings. The molecule has 21 heavy (non-hydrogen) atoms. The van der Waals surface area contributed by atoms with Gasteiger partial charge in [-0.2, -0.15) is 13.2 Å². The number of aliphatic hydroxyl groups is 1. The van der Waals surface area contributed by atoms with Crippen molar-refractivity contribution in [1.82, 2.24) is 14.9 Å². The van der Waals surface area contributed by atoms with Gasteiger partial charge in [0.1, 0.15) is 5.82 Å². The minimum Gasteiger partial charge on any atom is -0.395 e. The lowest BCUT2D eigenvalue weighted by molar-refractivity contribution is -0.141. The summed E-state index contributed by atoms with van der Waals surface area (Å²) >= 11 is 5.60. The lowest BCUT2D eigenvalue weighted by Gasteiger charge is -2.23. The highest BCUT2D eigenvalue weighted by molar-refractivity contribution is 6.28. The normalized spacial score (nSPS) is 17.9. The summed E-state index contributed by atoms with van der Waals surface area (Å²) in [5.41, 5.74) is -1.03. The molecule has 1 N–H and O–H groups in total. The molecule has 0 spiro atoms. The van der Waals surface area contributed by atoms with E-state index in [2.05, 4.69) is 14.9 Å². The van der Waals surface area contributed by atoms with Crippen molar-refractivity contribution in [3.63, 3.8) is 0 Å². The molecule has 0 saturated carbocycles. The lowest BCUT2D eigenvalue weighted by Crippen LogP contribution is -2.33. The Morgan fingerprint density at radius 3 is 2.62 bits per heavy atom. The molecule has 0 radical (unpaired) electrons. The maximum Gasteiger partial charge on any atom is 0.433 e. The zero-order valence-electron chi connectivity index (χ0n) is 11.3. The standard InChI is InChI=1S/C12H16ClF3N4O/c13-11-17-9(12(14,15)16)8-10(18-11)20-3-1-2-19(4-5-20)6-7-21/h8,21H,1-7H2. The van der Waals surface area contributed by atoms with Crippen LogP contribution in [0.2, 0.25) is 5.28 Å². The summed E-state index contributed by atoms with van der Waals surface area (Å²) in [4.78, 5) is 11.0. The Labute approximate surface area is 125 Å². The molecule has 1 fully saturated rings. The molecule has 0 unspecified atom stereocenters. The maximum atomic E-state index is 12.8. The van der Waals surface area contributed by atoms with Crippen molar-refractivity contribution in [2.75, 3.05) is 44.2 Å². The van der Waals surface area contributed by atoms with Crippen LogP contribution in [0.25, 0.3) is 0 Å². The molecule has 2 rings (SSSR count). The highest BCUT2D eigenvalue weighted by Gasteiger charge is 2.34. The third-order valence-electron chi connectivity index (χ3n) is 3.30. The molecular formula is C12H16ClF3N4O. The van der Waals surface area contributed by atoms with Gasteiger partial charge in [-0.25, -0.2) is 9.97 Å². The van der Waals surface area contributed by atoms with Gasteiger partial charge in [-0.15, -0.1) is 0 Å². The van der Waals surface area contributed by atoms with Crippen LogP contribution in [0.5, 0.6) is 0 Å². The molecular weight excluding hydrogens is 309 g/mol. The quantitative estimate of drug-likeness (QED) is 0.857. The number of β-amino-alcohol motifs (C(OH)–C–C–N with tert-alkyl or cyclic N) is 1. The second-order valence-electron chi connectivity index (χ2n) is 4.78. The highest BCUT2D eigenvalue weighted by Crippen LogP contribution is 2.30. The van der Waals surface area contributed by atoms with Crippen molar-refractivity contribution >= 4 is 17.4 Å². The van der Waals surface area contributed by atoms with Gasteiger partial charge in [0.2, 0.25) is 5.28 Å². The topological polar surface area (TPSA) is 52.5 Å². The van der Waals surface area contributed by atoms with Crippen molar-refractivity contribution in [2.45, 2.75) is 12.6 Å². The fourth-order valence-corrected chi connectivity index (χ4v) is 2.46. The predicted octanol–water partition coefficient (Wildman–Crippen LogP) is 1.65. The van der Waals surface area contributed by atoms with Gasteiger partial charge in [0.05, 0.1) is 6.61 Å². The number of aliphatic hydroxyl groups excluding tert-OH is 1. The van der Waals surface area contributed by atoms with Crippen molar-refractivity contribution in [3.8, 4) is 0 Å². The number of halogens is 4. The first-order valence-electron chi connectivity index (χ1n) is 6.60. The van der Waals surface area contributed by atoms with E-state index < -0.39 is 17.2 Å². The lowest BCUT2D eigenvalue weighted by atomic mass is 10.3. The molecule has 0 bridgehead atoms. The number of nitrogens with zero attached hydrogens (tertiary/aromatic N) is 4. The number of anilines is 1. The van der Waals surface area contributed by atoms with Crippen LogP contribution in [0.1, 0.15) is 12.1 Å². The van der Waals surface area contributed by atoms with E-state index in [4.69, 9.17) is 16.7 Å². The van der Waals surface area contributed by atoms with E-state index in [9.17, 15) is 13.2 Å². The number of hydrogen-bond acceptors (Lipinski definition) is 5. The van der Waals surface area contributed by atoms with Crippen molar-refractivity contribution in [3.05, 3.63) is 17.0 Å². The smallest absolute Gasteiger partial charge is 0.395 e. The van der Waals surface area contributed by atoms with Crippen LogP contribution < -0.4 is 4.90 Å². The first-order chi connectivity index (χ1) is 9.90. The zero-order chi connectivity index (χ0) is 15.5. The van der Waals surface area contributed by atoms with E-state index in [1.165, 1.54) is 0 Å². The van der Waals surface area contributed by atoms with E-state index in [1.54, 1.807) is 4.90 Å². The minimum atomic E-state index is -4.55. The second kappa shape index (κ2) is 6.76. The first kappa shape index (κ1) is 16.3. The summed E-state index contributed by atoms with van der Waals surface area (Å²) in [6.07, 6.45) is -3.76. The second-order valence-corrected chi connectivity index (χ2v) is 5.12. The van der Waals surface area contributed by atoms with Crippen molar-refractivity contribution in [1.29, 1.82) is 0 Å². The molecule has 1 aromatic heterocycles. The van der Waals surface area contributed by atoms with E-state index in [0.29, 0.717) is 26.2 Å². The van der Waals surface area contributed by atoms with Crippen molar-refractivity contribution < 1.29 is 18.3 Å². The van der Waals surface area contributed by atoms with E-state index in [1.807, 2.05) is 0 Å². The molecule has 2 heterocycles. The van der Waals surface area contributed by atoms with Crippen LogP contribution in [0, 0.1) is 0 Å². The fraction of sp³-hybridized carbons (Fsp3) is 0.667. The van der Waals surface area contributed by atoms with E-state index >= 15 is 0 Å². The number of hydrogen-bond donors (Lipinski definition) is 1. The molecule has 1 aromatic rings. The number of rotatable bonds is 3. The summed E-state index contributed by atoms with van der Waals surface area (Å²) < 4.78 is 38.3. The predicted molar refractivity (Wildman–Crippen MR) is 72.4 cm³/mol. The number of aromatic nitrogens is 2. The van der Waals surface area contributed by atoms with Gasteiger partial charge in [-0.1, -0.05) is 0 Å². The fourth-order valence-electron chi connectivity index (χ4n) is 2.28. The molecule has 1 saturated heterocycles. The first-order valence-corrected chi connectivity index (χ1v) is 6.98. The molecule has 5 nitrogen and oxygen atoms in total. The maximum absolute atomic E-state index is 12.8. The highest BCUT2D eigenvalue weighted by atomic mass is 35.5. The SMILES string of the molecule is OCCN1CCCN(c2cc(C(F)(F)F)nc(Cl)n2)CC1. The minimum absolute atomic E-state index is 0.0670. The average molecular weight is 325 g/mol. The van der Waals surface area contributed by atoms with Crippen LogP contribution in [0.3, 0.4) is 0 Å². The van der Waals surface area contributed by atoms with Crippen LogP contribution in [-0.2, 0) is 6.18 Å². The Kier molecular flexibility index (Phi) is 5.23. The summed E-state index contributed by atoms with van der Waals surface area (Å²) in [6.45, 7) is 3.20.